The molecule has 0 bridgehead atoms. The third-order valence-corrected chi connectivity index (χ3v) is 2.97. The minimum absolute atomic E-state index is 0.153. The third kappa shape index (κ3) is 3.36. The van der Waals surface area contributed by atoms with E-state index in [-0.39, 0.29) is 12.5 Å². The van der Waals surface area contributed by atoms with Crippen molar-refractivity contribution in [3.05, 3.63) is 24.2 Å². The average molecular weight is 290 g/mol. The number of esters is 1. The summed E-state index contributed by atoms with van der Waals surface area (Å²) in [4.78, 5) is 22.0. The monoisotopic (exact) mass is 290 g/mol. The van der Waals surface area contributed by atoms with E-state index >= 15 is 0 Å². The molecule has 2 aromatic rings. The van der Waals surface area contributed by atoms with E-state index in [4.69, 9.17) is 9.26 Å². The number of ether oxygens (including phenoxy) is 1. The standard InChI is InChI=1S/C14H18N4O3/c1-4-18(5-2)11-8-7-10(9-15-11)12-16-13(21-17-12)14(19)20-6-3/h7-9H,4-6H2,1-3H3. The molecule has 0 unspecified atom stereocenters. The van der Waals surface area contributed by atoms with Crippen LogP contribution in [0.2, 0.25) is 0 Å². The molecule has 112 valence electrons. The molecule has 2 aromatic heterocycles. The van der Waals surface area contributed by atoms with Gasteiger partial charge in [0.15, 0.2) is 0 Å². The van der Waals surface area contributed by atoms with Crippen molar-refractivity contribution in [3.63, 3.8) is 0 Å². The number of hydrogen-bond acceptors (Lipinski definition) is 7. The van der Waals surface area contributed by atoms with Crippen LogP contribution in [0, 0.1) is 0 Å². The smallest absolute Gasteiger partial charge is 0.397 e. The molecular formula is C14H18N4O3. The lowest BCUT2D eigenvalue weighted by atomic mass is 10.2. The maximum Gasteiger partial charge on any atom is 0.397 e. The summed E-state index contributed by atoms with van der Waals surface area (Å²) < 4.78 is 9.68. The Labute approximate surface area is 122 Å². The quantitative estimate of drug-likeness (QED) is 0.754. The van der Waals surface area contributed by atoms with Crippen LogP contribution >= 0.6 is 0 Å². The lowest BCUT2D eigenvalue weighted by molar-refractivity contribution is 0.0470. The van der Waals surface area contributed by atoms with Gasteiger partial charge < -0.3 is 14.2 Å². The van der Waals surface area contributed by atoms with Gasteiger partial charge in [-0.05, 0) is 32.9 Å². The zero-order valence-corrected chi connectivity index (χ0v) is 12.4. The van der Waals surface area contributed by atoms with Gasteiger partial charge in [0, 0.05) is 24.8 Å². The van der Waals surface area contributed by atoms with Crippen molar-refractivity contribution < 1.29 is 14.1 Å². The Kier molecular flexibility index (Phi) is 4.86. The number of carbonyl (C=O) groups excluding carboxylic acids is 1. The summed E-state index contributed by atoms with van der Waals surface area (Å²) in [5, 5.41) is 3.76. The maximum absolute atomic E-state index is 11.5. The van der Waals surface area contributed by atoms with Gasteiger partial charge in [-0.1, -0.05) is 5.16 Å². The van der Waals surface area contributed by atoms with E-state index in [1.54, 1.807) is 13.1 Å². The van der Waals surface area contributed by atoms with Gasteiger partial charge in [0.2, 0.25) is 5.82 Å². The van der Waals surface area contributed by atoms with E-state index < -0.39 is 5.97 Å². The highest BCUT2D eigenvalue weighted by Gasteiger charge is 2.17. The molecule has 2 heterocycles. The number of aromatic nitrogens is 3. The number of pyridine rings is 1. The minimum atomic E-state index is -0.621. The average Bonchev–Trinajstić information content (AvgIpc) is 2.99. The van der Waals surface area contributed by atoms with Crippen LogP contribution in [-0.2, 0) is 4.74 Å². The van der Waals surface area contributed by atoms with Crippen LogP contribution in [0.25, 0.3) is 11.4 Å². The zero-order chi connectivity index (χ0) is 15.2. The van der Waals surface area contributed by atoms with Crippen LogP contribution in [0.15, 0.2) is 22.9 Å². The molecule has 2 rings (SSSR count). The Morgan fingerprint density at radius 3 is 2.62 bits per heavy atom. The first-order valence-electron chi connectivity index (χ1n) is 6.91. The van der Waals surface area contributed by atoms with Crippen LogP contribution in [0.5, 0.6) is 0 Å². The molecule has 0 saturated heterocycles. The highest BCUT2D eigenvalue weighted by Crippen LogP contribution is 2.18. The largest absolute Gasteiger partial charge is 0.459 e. The van der Waals surface area contributed by atoms with Gasteiger partial charge in [-0.15, -0.1) is 0 Å². The van der Waals surface area contributed by atoms with Crippen LogP contribution < -0.4 is 4.90 Å². The summed E-state index contributed by atoms with van der Waals surface area (Å²) in [6.07, 6.45) is 1.66. The summed E-state index contributed by atoms with van der Waals surface area (Å²) in [7, 11) is 0. The molecule has 0 aliphatic carbocycles. The number of carbonyl (C=O) groups is 1. The highest BCUT2D eigenvalue weighted by atomic mass is 16.6. The molecule has 0 spiro atoms. The fourth-order valence-corrected chi connectivity index (χ4v) is 1.87. The number of rotatable bonds is 6. The molecular weight excluding hydrogens is 272 g/mol. The van der Waals surface area contributed by atoms with E-state index in [0.29, 0.717) is 11.4 Å². The van der Waals surface area contributed by atoms with Crippen molar-refractivity contribution in [3.8, 4) is 11.4 Å². The van der Waals surface area contributed by atoms with E-state index in [2.05, 4.69) is 33.9 Å². The number of hydrogen-bond donors (Lipinski definition) is 0. The van der Waals surface area contributed by atoms with Crippen LogP contribution in [0.3, 0.4) is 0 Å². The van der Waals surface area contributed by atoms with Gasteiger partial charge >= 0.3 is 11.9 Å². The molecule has 0 fully saturated rings. The lowest BCUT2D eigenvalue weighted by Crippen LogP contribution is -2.22. The van der Waals surface area contributed by atoms with Crippen molar-refractivity contribution in [2.45, 2.75) is 20.8 Å². The predicted octanol–water partition coefficient (Wildman–Crippen LogP) is 2.15. The summed E-state index contributed by atoms with van der Waals surface area (Å²) in [5.41, 5.74) is 0.685. The highest BCUT2D eigenvalue weighted by molar-refractivity contribution is 5.84. The molecule has 0 aliphatic rings. The number of nitrogens with zero attached hydrogens (tertiary/aromatic N) is 4. The fraction of sp³-hybridized carbons (Fsp3) is 0.429. The van der Waals surface area contributed by atoms with Crippen molar-refractivity contribution in [2.75, 3.05) is 24.6 Å². The molecule has 0 saturated carbocycles. The summed E-state index contributed by atoms with van der Waals surface area (Å²) in [6.45, 7) is 7.89. The van der Waals surface area contributed by atoms with Crippen molar-refractivity contribution >= 4 is 11.8 Å². The van der Waals surface area contributed by atoms with Gasteiger partial charge in [0.05, 0.1) is 6.61 Å². The number of anilines is 1. The predicted molar refractivity (Wildman–Crippen MR) is 77.0 cm³/mol. The Morgan fingerprint density at radius 1 is 1.29 bits per heavy atom. The van der Waals surface area contributed by atoms with E-state index in [0.717, 1.165) is 18.9 Å². The van der Waals surface area contributed by atoms with Crippen molar-refractivity contribution in [1.29, 1.82) is 0 Å². The van der Waals surface area contributed by atoms with Gasteiger partial charge in [-0.3, -0.25) is 0 Å². The second-order valence-corrected chi connectivity index (χ2v) is 4.22. The van der Waals surface area contributed by atoms with Gasteiger partial charge in [-0.25, -0.2) is 9.78 Å². The molecule has 0 radical (unpaired) electrons. The summed E-state index contributed by atoms with van der Waals surface area (Å²) in [5.74, 6) is 0.429. The summed E-state index contributed by atoms with van der Waals surface area (Å²) in [6, 6.07) is 3.74. The van der Waals surface area contributed by atoms with E-state index in [1.165, 1.54) is 0 Å². The van der Waals surface area contributed by atoms with Crippen LogP contribution in [-0.4, -0.2) is 40.8 Å². The minimum Gasteiger partial charge on any atom is -0.459 e. The molecule has 0 aromatic carbocycles. The molecule has 0 amide bonds. The first kappa shape index (κ1) is 15.0. The van der Waals surface area contributed by atoms with E-state index in [1.807, 2.05) is 12.1 Å². The van der Waals surface area contributed by atoms with Gasteiger partial charge in [0.25, 0.3) is 0 Å². The molecule has 0 N–H and O–H groups in total. The Bertz CT molecular complexity index is 591. The Balaban J connectivity index is 2.17. The normalized spacial score (nSPS) is 10.4. The molecule has 21 heavy (non-hydrogen) atoms. The molecule has 7 heteroatoms. The first-order valence-corrected chi connectivity index (χ1v) is 6.91. The molecule has 7 nitrogen and oxygen atoms in total. The third-order valence-electron chi connectivity index (χ3n) is 2.97. The first-order chi connectivity index (χ1) is 10.2. The SMILES string of the molecule is CCOC(=O)c1nc(-c2ccc(N(CC)CC)nc2)no1. The molecule has 0 atom stereocenters. The summed E-state index contributed by atoms with van der Waals surface area (Å²) >= 11 is 0. The maximum atomic E-state index is 11.5. The van der Waals surface area contributed by atoms with E-state index in [9.17, 15) is 4.79 Å². The van der Waals surface area contributed by atoms with Crippen LogP contribution in [0.4, 0.5) is 5.82 Å². The topological polar surface area (TPSA) is 81.4 Å². The van der Waals surface area contributed by atoms with Crippen molar-refractivity contribution in [2.24, 2.45) is 0 Å². The Morgan fingerprint density at radius 2 is 2.05 bits per heavy atom. The van der Waals surface area contributed by atoms with Gasteiger partial charge in [0.1, 0.15) is 5.82 Å². The fourth-order valence-electron chi connectivity index (χ4n) is 1.87. The Hall–Kier alpha value is -2.44. The van der Waals surface area contributed by atoms with Crippen molar-refractivity contribution in [1.82, 2.24) is 15.1 Å². The lowest BCUT2D eigenvalue weighted by Gasteiger charge is -2.19. The van der Waals surface area contributed by atoms with Crippen LogP contribution in [0.1, 0.15) is 31.5 Å². The second-order valence-electron chi connectivity index (χ2n) is 4.22. The molecule has 0 aliphatic heterocycles. The van der Waals surface area contributed by atoms with Gasteiger partial charge in [-0.2, -0.15) is 4.98 Å². The zero-order valence-electron chi connectivity index (χ0n) is 12.4. The second kappa shape index (κ2) is 6.83.